The number of nitrogens with one attached hydrogen (secondary N) is 1. The van der Waals surface area contributed by atoms with Gasteiger partial charge in [-0.25, -0.2) is 4.98 Å². The van der Waals surface area contributed by atoms with Crippen LogP contribution in [-0.2, 0) is 11.2 Å². The zero-order chi connectivity index (χ0) is 21.3. The second kappa shape index (κ2) is 8.14. The van der Waals surface area contributed by atoms with Gasteiger partial charge in [0.2, 0.25) is 5.91 Å². The molecule has 0 saturated carbocycles. The lowest BCUT2D eigenvalue weighted by atomic mass is 10.0. The van der Waals surface area contributed by atoms with Crippen LogP contribution in [0, 0.1) is 6.92 Å². The highest BCUT2D eigenvalue weighted by atomic mass is 16.5. The van der Waals surface area contributed by atoms with E-state index in [4.69, 9.17) is 9.26 Å². The number of benzene rings is 1. The Morgan fingerprint density at radius 3 is 2.93 bits per heavy atom. The van der Waals surface area contributed by atoms with E-state index in [1.807, 2.05) is 29.2 Å². The van der Waals surface area contributed by atoms with E-state index in [2.05, 4.69) is 15.5 Å². The average molecular weight is 408 g/mol. The number of nitrogens with zero attached hydrogens (tertiary/aromatic N) is 3. The molecule has 1 unspecified atom stereocenters. The smallest absolute Gasteiger partial charge is 0.259 e. The molecule has 3 aromatic rings. The number of carbonyl (C=O) groups excluding carboxylic acids is 2. The van der Waals surface area contributed by atoms with Crippen molar-refractivity contribution in [3.05, 3.63) is 52.8 Å². The SMILES string of the molecule is CNC(=O)c1cc(C)nc2onc(C3CCCN3C(=O)Cc3cccc(OC)c3)c12. The molecule has 0 bridgehead atoms. The first-order valence-electron chi connectivity index (χ1n) is 9.93. The Morgan fingerprint density at radius 2 is 2.17 bits per heavy atom. The van der Waals surface area contributed by atoms with Crippen molar-refractivity contribution in [2.45, 2.75) is 32.2 Å². The summed E-state index contributed by atoms with van der Waals surface area (Å²) in [4.78, 5) is 31.8. The Morgan fingerprint density at radius 1 is 1.33 bits per heavy atom. The number of amides is 2. The standard InChI is InChI=1S/C22H24N4O4/c1-13-10-16(21(28)23-2)19-20(25-30-22(19)24-13)17-8-5-9-26(17)18(27)12-14-6-4-7-15(11-14)29-3/h4,6-7,10-11,17H,5,8-9,12H2,1-3H3,(H,23,28). The number of aryl methyl sites for hydroxylation is 1. The summed E-state index contributed by atoms with van der Waals surface area (Å²) in [5.74, 6) is 0.489. The highest BCUT2D eigenvalue weighted by Gasteiger charge is 2.35. The monoisotopic (exact) mass is 408 g/mol. The molecule has 0 radical (unpaired) electrons. The second-order valence-electron chi connectivity index (χ2n) is 7.41. The van der Waals surface area contributed by atoms with Crippen LogP contribution in [0.25, 0.3) is 11.1 Å². The fourth-order valence-corrected chi connectivity index (χ4v) is 4.05. The van der Waals surface area contributed by atoms with E-state index < -0.39 is 0 Å². The summed E-state index contributed by atoms with van der Waals surface area (Å²) in [6.45, 7) is 2.43. The number of carbonyl (C=O) groups is 2. The summed E-state index contributed by atoms with van der Waals surface area (Å²) in [6.07, 6.45) is 1.88. The van der Waals surface area contributed by atoms with Crippen molar-refractivity contribution in [3.63, 3.8) is 0 Å². The molecule has 2 amide bonds. The maximum Gasteiger partial charge on any atom is 0.259 e. The molecule has 1 aliphatic rings. The minimum absolute atomic E-state index is 0.00321. The number of aromatic nitrogens is 2. The summed E-state index contributed by atoms with van der Waals surface area (Å²) >= 11 is 0. The summed E-state index contributed by atoms with van der Waals surface area (Å²) in [5, 5.41) is 7.46. The van der Waals surface area contributed by atoms with Gasteiger partial charge in [-0.05, 0) is 43.5 Å². The Hall–Kier alpha value is -3.42. The van der Waals surface area contributed by atoms with Crippen LogP contribution >= 0.6 is 0 Å². The van der Waals surface area contributed by atoms with Gasteiger partial charge in [0, 0.05) is 19.3 Å². The molecule has 1 aromatic carbocycles. The first-order chi connectivity index (χ1) is 14.5. The number of rotatable bonds is 5. The molecule has 1 atom stereocenters. The minimum Gasteiger partial charge on any atom is -0.497 e. The van der Waals surface area contributed by atoms with Gasteiger partial charge in [0.25, 0.3) is 11.6 Å². The van der Waals surface area contributed by atoms with Crippen LogP contribution in [0.3, 0.4) is 0 Å². The van der Waals surface area contributed by atoms with Crippen molar-refractivity contribution in [3.8, 4) is 5.75 Å². The van der Waals surface area contributed by atoms with E-state index >= 15 is 0 Å². The number of hydrogen-bond donors (Lipinski definition) is 1. The van der Waals surface area contributed by atoms with Crippen molar-refractivity contribution in [1.29, 1.82) is 0 Å². The van der Waals surface area contributed by atoms with E-state index in [1.54, 1.807) is 27.1 Å². The van der Waals surface area contributed by atoms with E-state index in [0.29, 0.717) is 34.6 Å². The van der Waals surface area contributed by atoms with E-state index in [-0.39, 0.29) is 24.3 Å². The number of fused-ring (bicyclic) bond motifs is 1. The van der Waals surface area contributed by atoms with Gasteiger partial charge in [0.15, 0.2) is 0 Å². The van der Waals surface area contributed by atoms with E-state index in [9.17, 15) is 9.59 Å². The Balaban J connectivity index is 1.67. The predicted octanol–water partition coefficient (Wildman–Crippen LogP) is 2.81. The van der Waals surface area contributed by atoms with Gasteiger partial charge in [0.1, 0.15) is 11.4 Å². The van der Waals surface area contributed by atoms with Crippen molar-refractivity contribution >= 4 is 22.9 Å². The topological polar surface area (TPSA) is 97.6 Å². The van der Waals surface area contributed by atoms with Crippen LogP contribution in [0.4, 0.5) is 0 Å². The minimum atomic E-state index is -0.253. The van der Waals surface area contributed by atoms with Crippen LogP contribution in [0.5, 0.6) is 5.75 Å². The molecule has 4 rings (SSSR count). The van der Waals surface area contributed by atoms with Gasteiger partial charge in [-0.3, -0.25) is 9.59 Å². The van der Waals surface area contributed by atoms with Crippen LogP contribution in [0.15, 0.2) is 34.9 Å². The van der Waals surface area contributed by atoms with Crippen molar-refractivity contribution < 1.29 is 18.8 Å². The van der Waals surface area contributed by atoms with Gasteiger partial charge < -0.3 is 19.5 Å². The molecular weight excluding hydrogens is 384 g/mol. The maximum absolute atomic E-state index is 13.1. The average Bonchev–Trinajstić information content (AvgIpc) is 3.39. The van der Waals surface area contributed by atoms with Gasteiger partial charge >= 0.3 is 0 Å². The molecule has 0 aliphatic carbocycles. The van der Waals surface area contributed by atoms with Crippen molar-refractivity contribution in [1.82, 2.24) is 20.4 Å². The summed E-state index contributed by atoms with van der Waals surface area (Å²) < 4.78 is 10.7. The molecule has 30 heavy (non-hydrogen) atoms. The third kappa shape index (κ3) is 3.60. The highest BCUT2D eigenvalue weighted by Crippen LogP contribution is 2.37. The third-order valence-corrected chi connectivity index (χ3v) is 5.45. The Kier molecular flexibility index (Phi) is 5.39. The number of pyridine rings is 1. The highest BCUT2D eigenvalue weighted by molar-refractivity contribution is 6.06. The number of hydrogen-bond acceptors (Lipinski definition) is 6. The van der Waals surface area contributed by atoms with Gasteiger partial charge in [-0.1, -0.05) is 17.3 Å². The first-order valence-corrected chi connectivity index (χ1v) is 9.93. The van der Waals surface area contributed by atoms with Crippen LogP contribution in [0.2, 0.25) is 0 Å². The zero-order valence-corrected chi connectivity index (χ0v) is 17.3. The molecule has 1 N–H and O–H groups in total. The fraction of sp³-hybridized carbons (Fsp3) is 0.364. The molecule has 8 nitrogen and oxygen atoms in total. The number of likely N-dealkylation sites (tertiary alicyclic amines) is 1. The predicted molar refractivity (Wildman–Crippen MR) is 110 cm³/mol. The van der Waals surface area contributed by atoms with Crippen LogP contribution in [0.1, 0.15) is 46.2 Å². The van der Waals surface area contributed by atoms with Gasteiger partial charge in [-0.2, -0.15) is 0 Å². The summed E-state index contributed by atoms with van der Waals surface area (Å²) in [5.41, 5.74) is 2.92. The number of methoxy groups -OCH3 is 1. The van der Waals surface area contributed by atoms with Crippen LogP contribution in [-0.4, -0.2) is 47.6 Å². The second-order valence-corrected chi connectivity index (χ2v) is 7.41. The lowest BCUT2D eigenvalue weighted by Crippen LogP contribution is -2.32. The molecular formula is C22H24N4O4. The lowest BCUT2D eigenvalue weighted by Gasteiger charge is -2.23. The molecule has 8 heteroatoms. The molecule has 1 fully saturated rings. The van der Waals surface area contributed by atoms with E-state index in [1.165, 1.54) is 0 Å². The third-order valence-electron chi connectivity index (χ3n) is 5.45. The molecule has 156 valence electrons. The largest absolute Gasteiger partial charge is 0.497 e. The Labute approximate surface area is 174 Å². The molecule has 1 saturated heterocycles. The molecule has 0 spiro atoms. The first kappa shape index (κ1) is 19.9. The lowest BCUT2D eigenvalue weighted by molar-refractivity contribution is -0.131. The number of ether oxygens (including phenoxy) is 1. The zero-order valence-electron chi connectivity index (χ0n) is 17.3. The normalized spacial score (nSPS) is 16.1. The molecule has 3 heterocycles. The molecule has 1 aliphatic heterocycles. The summed E-state index contributed by atoms with van der Waals surface area (Å²) in [7, 11) is 3.18. The van der Waals surface area contributed by atoms with Crippen molar-refractivity contribution in [2.24, 2.45) is 0 Å². The van der Waals surface area contributed by atoms with Gasteiger partial charge in [-0.15, -0.1) is 0 Å². The van der Waals surface area contributed by atoms with E-state index in [0.717, 1.165) is 24.2 Å². The fourth-order valence-electron chi connectivity index (χ4n) is 4.05. The quantitative estimate of drug-likeness (QED) is 0.697. The van der Waals surface area contributed by atoms with Crippen LogP contribution < -0.4 is 10.1 Å². The maximum atomic E-state index is 13.1. The summed E-state index contributed by atoms with van der Waals surface area (Å²) in [6, 6.07) is 8.97. The van der Waals surface area contributed by atoms with Crippen molar-refractivity contribution in [2.75, 3.05) is 20.7 Å². The Bertz CT molecular complexity index is 1110. The van der Waals surface area contributed by atoms with Gasteiger partial charge in [0.05, 0.1) is 30.5 Å². The molecule has 2 aromatic heterocycles.